The minimum Gasteiger partial charge on any atom is -0.389 e. The summed E-state index contributed by atoms with van der Waals surface area (Å²) in [6.07, 6.45) is 5.87. The molecule has 0 bridgehead atoms. The van der Waals surface area contributed by atoms with Crippen molar-refractivity contribution in [2.45, 2.75) is 51.0 Å². The molecule has 0 aliphatic heterocycles. The zero-order valence-electron chi connectivity index (χ0n) is 8.75. The highest BCUT2D eigenvalue weighted by molar-refractivity contribution is 5.89. The molecule has 0 saturated heterocycles. The molecule has 3 aliphatic carbocycles. The van der Waals surface area contributed by atoms with Crippen molar-refractivity contribution < 1.29 is 9.90 Å². The molecule has 0 aromatic rings. The Balaban J connectivity index is 2.07. The first-order chi connectivity index (χ1) is 6.58. The van der Waals surface area contributed by atoms with Gasteiger partial charge in [0.25, 0.3) is 0 Å². The van der Waals surface area contributed by atoms with Crippen molar-refractivity contribution in [3.8, 4) is 0 Å². The van der Waals surface area contributed by atoms with Gasteiger partial charge in [0, 0.05) is 6.42 Å². The van der Waals surface area contributed by atoms with Crippen molar-refractivity contribution >= 4 is 5.78 Å². The summed E-state index contributed by atoms with van der Waals surface area (Å²) in [5.74, 6) is 1.45. The van der Waals surface area contributed by atoms with Gasteiger partial charge in [-0.3, -0.25) is 4.79 Å². The number of aliphatic hydroxyl groups is 1. The number of rotatable bonds is 0. The normalized spacial score (nSPS) is 56.3. The Morgan fingerprint density at radius 2 is 2.21 bits per heavy atom. The average molecular weight is 194 g/mol. The molecular formula is C12H18O2. The predicted molar refractivity (Wildman–Crippen MR) is 52.7 cm³/mol. The lowest BCUT2D eigenvalue weighted by molar-refractivity contribution is -0.135. The van der Waals surface area contributed by atoms with Crippen molar-refractivity contribution in [1.29, 1.82) is 0 Å². The highest BCUT2D eigenvalue weighted by Gasteiger charge is 2.67. The summed E-state index contributed by atoms with van der Waals surface area (Å²) in [6, 6.07) is 0. The van der Waals surface area contributed by atoms with E-state index in [9.17, 15) is 9.90 Å². The fraction of sp³-hybridized carbons (Fsp3) is 0.917. The van der Waals surface area contributed by atoms with Gasteiger partial charge in [0.05, 0.1) is 11.0 Å². The first-order valence-electron chi connectivity index (χ1n) is 5.84. The van der Waals surface area contributed by atoms with Gasteiger partial charge in [0.1, 0.15) is 5.78 Å². The van der Waals surface area contributed by atoms with Crippen LogP contribution in [0.15, 0.2) is 0 Å². The Morgan fingerprint density at radius 3 is 3.00 bits per heavy atom. The second kappa shape index (κ2) is 2.41. The molecule has 0 unspecified atom stereocenters. The maximum absolute atomic E-state index is 12.0. The molecule has 3 rings (SSSR count). The Hall–Kier alpha value is -0.370. The van der Waals surface area contributed by atoms with Crippen LogP contribution in [-0.2, 0) is 4.79 Å². The van der Waals surface area contributed by atoms with Gasteiger partial charge in [-0.2, -0.15) is 0 Å². The summed E-state index contributed by atoms with van der Waals surface area (Å²) in [4.78, 5) is 12.0. The van der Waals surface area contributed by atoms with Crippen LogP contribution in [0.1, 0.15) is 45.4 Å². The zero-order valence-corrected chi connectivity index (χ0v) is 8.75. The Morgan fingerprint density at radius 1 is 1.43 bits per heavy atom. The number of Topliss-reactive ketones (excluding diaryl/α,β-unsaturated/α-hetero) is 1. The first-order valence-corrected chi connectivity index (χ1v) is 5.84. The van der Waals surface area contributed by atoms with E-state index in [2.05, 4.69) is 0 Å². The van der Waals surface area contributed by atoms with E-state index in [0.29, 0.717) is 24.0 Å². The standard InChI is InChI=1S/C12H18O2/c1-11-9-4-2-3-8(9)7-12(11,14)6-5-10(11)13/h8-9,14H,2-7H2,1H3/t8-,9-,11-,12+/m1/s1. The van der Waals surface area contributed by atoms with Crippen LogP contribution in [0.25, 0.3) is 0 Å². The van der Waals surface area contributed by atoms with E-state index in [4.69, 9.17) is 0 Å². The quantitative estimate of drug-likeness (QED) is 0.639. The molecule has 4 atom stereocenters. The van der Waals surface area contributed by atoms with Gasteiger partial charge in [-0.25, -0.2) is 0 Å². The fourth-order valence-corrected chi connectivity index (χ4v) is 4.44. The Bertz CT molecular complexity index is 299. The van der Waals surface area contributed by atoms with Crippen LogP contribution in [0.2, 0.25) is 0 Å². The van der Waals surface area contributed by atoms with E-state index < -0.39 is 5.60 Å². The van der Waals surface area contributed by atoms with Gasteiger partial charge in [-0.1, -0.05) is 12.8 Å². The van der Waals surface area contributed by atoms with Gasteiger partial charge in [-0.05, 0) is 38.0 Å². The molecule has 0 aromatic carbocycles. The Labute approximate surface area is 84.7 Å². The third-order valence-corrected chi connectivity index (χ3v) is 5.31. The van der Waals surface area contributed by atoms with E-state index in [0.717, 1.165) is 19.3 Å². The molecule has 3 fully saturated rings. The van der Waals surface area contributed by atoms with Crippen molar-refractivity contribution in [3.63, 3.8) is 0 Å². The zero-order chi connectivity index (χ0) is 9.97. The molecule has 0 aromatic heterocycles. The molecule has 1 N–H and O–H groups in total. The van der Waals surface area contributed by atoms with Gasteiger partial charge >= 0.3 is 0 Å². The maximum Gasteiger partial charge on any atom is 0.142 e. The molecule has 3 saturated carbocycles. The number of hydrogen-bond donors (Lipinski definition) is 1. The lowest BCUT2D eigenvalue weighted by Gasteiger charge is -2.35. The number of carbonyl (C=O) groups is 1. The lowest BCUT2D eigenvalue weighted by Crippen LogP contribution is -2.44. The molecular weight excluding hydrogens is 176 g/mol. The molecule has 0 spiro atoms. The van der Waals surface area contributed by atoms with Crippen molar-refractivity contribution in [1.82, 2.24) is 0 Å². The molecule has 3 aliphatic rings. The molecule has 0 radical (unpaired) electrons. The molecule has 2 heteroatoms. The van der Waals surface area contributed by atoms with Gasteiger partial charge < -0.3 is 5.11 Å². The second-order valence-electron chi connectivity index (χ2n) is 5.66. The van der Waals surface area contributed by atoms with E-state index in [1.165, 1.54) is 12.8 Å². The summed E-state index contributed by atoms with van der Waals surface area (Å²) in [7, 11) is 0. The van der Waals surface area contributed by atoms with Crippen LogP contribution in [0, 0.1) is 17.3 Å². The van der Waals surface area contributed by atoms with Crippen LogP contribution < -0.4 is 0 Å². The van der Waals surface area contributed by atoms with Crippen LogP contribution in [0.4, 0.5) is 0 Å². The molecule has 2 nitrogen and oxygen atoms in total. The van der Waals surface area contributed by atoms with Gasteiger partial charge in [-0.15, -0.1) is 0 Å². The summed E-state index contributed by atoms with van der Waals surface area (Å²) < 4.78 is 0. The predicted octanol–water partition coefficient (Wildman–Crippen LogP) is 1.91. The summed E-state index contributed by atoms with van der Waals surface area (Å²) in [6.45, 7) is 2.03. The van der Waals surface area contributed by atoms with Crippen LogP contribution >= 0.6 is 0 Å². The smallest absolute Gasteiger partial charge is 0.142 e. The number of hydrogen-bond acceptors (Lipinski definition) is 2. The largest absolute Gasteiger partial charge is 0.389 e. The van der Waals surface area contributed by atoms with Crippen LogP contribution in [0.3, 0.4) is 0 Å². The average Bonchev–Trinajstić information content (AvgIpc) is 2.71. The summed E-state index contributed by atoms with van der Waals surface area (Å²) in [5, 5.41) is 10.5. The molecule has 0 heterocycles. The summed E-state index contributed by atoms with van der Waals surface area (Å²) in [5.41, 5.74) is -1.02. The third-order valence-electron chi connectivity index (χ3n) is 5.31. The summed E-state index contributed by atoms with van der Waals surface area (Å²) >= 11 is 0. The first kappa shape index (κ1) is 8.90. The second-order valence-corrected chi connectivity index (χ2v) is 5.66. The minimum atomic E-state index is -0.639. The molecule has 14 heavy (non-hydrogen) atoms. The minimum absolute atomic E-state index is 0.328. The lowest BCUT2D eigenvalue weighted by atomic mass is 9.71. The van der Waals surface area contributed by atoms with E-state index in [1.54, 1.807) is 0 Å². The van der Waals surface area contributed by atoms with Crippen LogP contribution in [-0.4, -0.2) is 16.5 Å². The Kier molecular flexibility index (Phi) is 1.53. The maximum atomic E-state index is 12.0. The van der Waals surface area contributed by atoms with Crippen molar-refractivity contribution in [2.75, 3.05) is 0 Å². The highest BCUT2D eigenvalue weighted by atomic mass is 16.3. The number of fused-ring (bicyclic) bond motifs is 3. The van der Waals surface area contributed by atoms with Crippen molar-refractivity contribution in [2.24, 2.45) is 17.3 Å². The topological polar surface area (TPSA) is 37.3 Å². The SMILES string of the molecule is C[C@@]12C(=O)CC[C@]1(O)C[C@H]1CCC[C@H]12. The van der Waals surface area contributed by atoms with Gasteiger partial charge in [0.15, 0.2) is 0 Å². The van der Waals surface area contributed by atoms with Gasteiger partial charge in [0.2, 0.25) is 0 Å². The molecule has 0 amide bonds. The number of ketones is 1. The fourth-order valence-electron chi connectivity index (χ4n) is 4.44. The number of carbonyl (C=O) groups excluding carboxylic acids is 1. The third kappa shape index (κ3) is 0.758. The molecule has 78 valence electrons. The van der Waals surface area contributed by atoms with E-state index in [1.807, 2.05) is 6.92 Å². The van der Waals surface area contributed by atoms with E-state index >= 15 is 0 Å². The van der Waals surface area contributed by atoms with Crippen molar-refractivity contribution in [3.05, 3.63) is 0 Å². The highest BCUT2D eigenvalue weighted by Crippen LogP contribution is 2.64. The van der Waals surface area contributed by atoms with Crippen LogP contribution in [0.5, 0.6) is 0 Å². The monoisotopic (exact) mass is 194 g/mol. The van der Waals surface area contributed by atoms with E-state index in [-0.39, 0.29) is 5.41 Å².